The van der Waals surface area contributed by atoms with E-state index >= 15 is 0 Å². The van der Waals surface area contributed by atoms with Crippen LogP contribution in [-0.4, -0.2) is 22.9 Å². The van der Waals surface area contributed by atoms with Crippen molar-refractivity contribution < 1.29 is 0 Å². The highest BCUT2D eigenvalue weighted by molar-refractivity contribution is 6.35. The van der Waals surface area contributed by atoms with Crippen molar-refractivity contribution in [3.8, 4) is 5.69 Å². The van der Waals surface area contributed by atoms with Crippen LogP contribution in [0.5, 0.6) is 0 Å². The Bertz CT molecular complexity index is 605. The van der Waals surface area contributed by atoms with Crippen molar-refractivity contribution in [3.63, 3.8) is 0 Å². The Kier molecular flexibility index (Phi) is 5.08. The molecule has 2 aromatic rings. The Hall–Kier alpha value is -1.03. The van der Waals surface area contributed by atoms with E-state index in [-0.39, 0.29) is 0 Å². The molecule has 0 saturated carbocycles. The summed E-state index contributed by atoms with van der Waals surface area (Å²) >= 11 is 12.2. The number of halogens is 2. The largest absolute Gasteiger partial charge is 0.317 e. The minimum absolute atomic E-state index is 0.612. The lowest BCUT2D eigenvalue weighted by Crippen LogP contribution is -2.16. The van der Waals surface area contributed by atoms with Gasteiger partial charge in [-0.2, -0.15) is 5.10 Å². The summed E-state index contributed by atoms with van der Waals surface area (Å²) in [6.45, 7) is 8.16. The average molecular weight is 312 g/mol. The normalized spacial score (nSPS) is 11.1. The van der Waals surface area contributed by atoms with E-state index in [0.29, 0.717) is 10.0 Å². The number of aromatic nitrogens is 2. The fourth-order valence-electron chi connectivity index (χ4n) is 2.31. The lowest BCUT2D eigenvalue weighted by Gasteiger charge is -2.08. The maximum absolute atomic E-state index is 6.27. The number of hydrogen-bond donors (Lipinski definition) is 1. The zero-order valence-electron chi connectivity index (χ0n) is 12.0. The predicted octanol–water partition coefficient (Wildman–Crippen LogP) is 3.95. The zero-order valence-corrected chi connectivity index (χ0v) is 13.5. The van der Waals surface area contributed by atoms with Crippen molar-refractivity contribution >= 4 is 23.2 Å². The minimum Gasteiger partial charge on any atom is -0.317 e. The first-order valence-electron chi connectivity index (χ1n) is 6.75. The summed E-state index contributed by atoms with van der Waals surface area (Å²) in [5.41, 5.74) is 4.32. The highest BCUT2D eigenvalue weighted by Gasteiger charge is 2.14. The molecule has 0 aliphatic carbocycles. The third kappa shape index (κ3) is 3.17. The fraction of sp³-hybridized carbons (Fsp3) is 0.400. The van der Waals surface area contributed by atoms with Gasteiger partial charge in [-0.15, -0.1) is 0 Å². The number of likely N-dealkylation sites (N-methyl/N-ethyl adjacent to an activating group) is 1. The van der Waals surface area contributed by atoms with Crippen LogP contribution in [0.25, 0.3) is 5.69 Å². The molecule has 1 N–H and O–H groups in total. The molecule has 0 unspecified atom stereocenters. The summed E-state index contributed by atoms with van der Waals surface area (Å²) in [6, 6.07) is 5.48. The molecule has 3 nitrogen and oxygen atoms in total. The van der Waals surface area contributed by atoms with Gasteiger partial charge in [0, 0.05) is 10.7 Å². The van der Waals surface area contributed by atoms with E-state index in [1.807, 2.05) is 23.7 Å². The Morgan fingerprint density at radius 1 is 1.25 bits per heavy atom. The summed E-state index contributed by atoms with van der Waals surface area (Å²) in [5, 5.41) is 9.19. The van der Waals surface area contributed by atoms with Gasteiger partial charge in [0.1, 0.15) is 0 Å². The standard InChI is InChI=1S/C15H19Cl2N3/c1-4-18-8-7-13-10(2)19-20(11(13)3)15-6-5-12(16)9-14(15)17/h5-6,9,18H,4,7-8H2,1-3H3. The molecule has 0 bridgehead atoms. The van der Waals surface area contributed by atoms with Crippen LogP contribution in [0.2, 0.25) is 10.0 Å². The van der Waals surface area contributed by atoms with E-state index in [1.165, 1.54) is 5.56 Å². The van der Waals surface area contributed by atoms with Crippen LogP contribution in [0.1, 0.15) is 23.9 Å². The molecule has 0 spiro atoms. The second-order valence-electron chi connectivity index (χ2n) is 4.76. The quantitative estimate of drug-likeness (QED) is 0.847. The molecule has 2 rings (SSSR count). The molecule has 0 aliphatic rings. The van der Waals surface area contributed by atoms with Crippen LogP contribution < -0.4 is 5.32 Å². The second kappa shape index (κ2) is 6.61. The van der Waals surface area contributed by atoms with Gasteiger partial charge in [-0.1, -0.05) is 30.1 Å². The smallest absolute Gasteiger partial charge is 0.0836 e. The number of nitrogens with zero attached hydrogens (tertiary/aromatic N) is 2. The molecule has 5 heteroatoms. The van der Waals surface area contributed by atoms with Crippen molar-refractivity contribution in [2.45, 2.75) is 27.2 Å². The summed E-state index contributed by atoms with van der Waals surface area (Å²) in [7, 11) is 0. The molecular formula is C15H19Cl2N3. The number of hydrogen-bond acceptors (Lipinski definition) is 2. The van der Waals surface area contributed by atoms with Crippen LogP contribution in [0.15, 0.2) is 18.2 Å². The zero-order chi connectivity index (χ0) is 14.7. The number of nitrogens with one attached hydrogen (secondary N) is 1. The molecular weight excluding hydrogens is 293 g/mol. The topological polar surface area (TPSA) is 29.9 Å². The first kappa shape index (κ1) is 15.4. The number of aryl methyl sites for hydroxylation is 1. The maximum atomic E-state index is 6.27. The van der Waals surface area contributed by atoms with Crippen molar-refractivity contribution in [3.05, 3.63) is 45.2 Å². The first-order valence-corrected chi connectivity index (χ1v) is 7.51. The number of rotatable bonds is 5. The molecule has 0 fully saturated rings. The molecule has 0 atom stereocenters. The summed E-state index contributed by atoms with van der Waals surface area (Å²) < 4.78 is 1.90. The molecule has 0 radical (unpaired) electrons. The SMILES string of the molecule is CCNCCc1c(C)nn(-c2ccc(Cl)cc2Cl)c1C. The van der Waals surface area contributed by atoms with E-state index in [9.17, 15) is 0 Å². The molecule has 0 saturated heterocycles. The maximum Gasteiger partial charge on any atom is 0.0836 e. The van der Waals surface area contributed by atoms with Crippen LogP contribution in [0.4, 0.5) is 0 Å². The van der Waals surface area contributed by atoms with Gasteiger partial charge in [0.15, 0.2) is 0 Å². The van der Waals surface area contributed by atoms with Crippen molar-refractivity contribution in [1.82, 2.24) is 15.1 Å². The Labute approximate surface area is 129 Å². The van der Waals surface area contributed by atoms with E-state index in [1.54, 1.807) is 6.07 Å². The summed E-state index contributed by atoms with van der Waals surface area (Å²) in [6.07, 6.45) is 0.969. The lowest BCUT2D eigenvalue weighted by molar-refractivity contribution is 0.713. The predicted molar refractivity (Wildman–Crippen MR) is 85.3 cm³/mol. The molecule has 1 aromatic carbocycles. The van der Waals surface area contributed by atoms with Crippen LogP contribution in [0, 0.1) is 13.8 Å². The van der Waals surface area contributed by atoms with Gasteiger partial charge < -0.3 is 5.32 Å². The van der Waals surface area contributed by atoms with E-state index < -0.39 is 0 Å². The molecule has 1 heterocycles. The van der Waals surface area contributed by atoms with Crippen molar-refractivity contribution in [2.75, 3.05) is 13.1 Å². The Morgan fingerprint density at radius 2 is 2.00 bits per heavy atom. The van der Waals surface area contributed by atoms with Gasteiger partial charge >= 0.3 is 0 Å². The summed E-state index contributed by atoms with van der Waals surface area (Å²) in [4.78, 5) is 0. The van der Waals surface area contributed by atoms with Gasteiger partial charge in [0.2, 0.25) is 0 Å². The van der Waals surface area contributed by atoms with E-state index in [0.717, 1.165) is 36.6 Å². The summed E-state index contributed by atoms with van der Waals surface area (Å²) in [5.74, 6) is 0. The Balaban J connectivity index is 2.35. The van der Waals surface area contributed by atoms with Crippen LogP contribution >= 0.6 is 23.2 Å². The molecule has 108 valence electrons. The first-order chi connectivity index (χ1) is 9.54. The molecule has 1 aromatic heterocycles. The third-order valence-corrected chi connectivity index (χ3v) is 3.92. The molecule has 0 aliphatic heterocycles. The van der Waals surface area contributed by atoms with Crippen molar-refractivity contribution in [2.24, 2.45) is 0 Å². The van der Waals surface area contributed by atoms with Gasteiger partial charge in [-0.3, -0.25) is 0 Å². The van der Waals surface area contributed by atoms with Gasteiger partial charge in [-0.05, 0) is 57.1 Å². The van der Waals surface area contributed by atoms with Gasteiger partial charge in [0.05, 0.1) is 16.4 Å². The molecule has 20 heavy (non-hydrogen) atoms. The van der Waals surface area contributed by atoms with Gasteiger partial charge in [-0.25, -0.2) is 4.68 Å². The third-order valence-electron chi connectivity index (χ3n) is 3.38. The van der Waals surface area contributed by atoms with E-state index in [4.69, 9.17) is 23.2 Å². The highest BCUT2D eigenvalue weighted by Crippen LogP contribution is 2.26. The van der Waals surface area contributed by atoms with Crippen molar-refractivity contribution in [1.29, 1.82) is 0 Å². The fourth-order valence-corrected chi connectivity index (χ4v) is 2.80. The molecule has 0 amide bonds. The van der Waals surface area contributed by atoms with Crippen LogP contribution in [0.3, 0.4) is 0 Å². The van der Waals surface area contributed by atoms with Gasteiger partial charge in [0.25, 0.3) is 0 Å². The average Bonchev–Trinajstić information content (AvgIpc) is 2.67. The van der Waals surface area contributed by atoms with Crippen LogP contribution in [-0.2, 0) is 6.42 Å². The number of benzene rings is 1. The second-order valence-corrected chi connectivity index (χ2v) is 5.60. The monoisotopic (exact) mass is 311 g/mol. The Morgan fingerprint density at radius 3 is 2.65 bits per heavy atom. The minimum atomic E-state index is 0.612. The van der Waals surface area contributed by atoms with E-state index in [2.05, 4.69) is 24.3 Å². The lowest BCUT2D eigenvalue weighted by atomic mass is 10.1. The highest BCUT2D eigenvalue weighted by atomic mass is 35.5.